The van der Waals surface area contributed by atoms with Crippen LogP contribution in [0.3, 0.4) is 0 Å². The van der Waals surface area contributed by atoms with Gasteiger partial charge in [-0.3, -0.25) is 4.68 Å². The molecule has 4 nitrogen and oxygen atoms in total. The molecule has 0 radical (unpaired) electrons. The quantitative estimate of drug-likeness (QED) is 0.942. The lowest BCUT2D eigenvalue weighted by atomic mass is 10.2. The van der Waals surface area contributed by atoms with E-state index in [0.717, 1.165) is 0 Å². The van der Waals surface area contributed by atoms with Crippen LogP contribution in [-0.4, -0.2) is 20.9 Å². The Labute approximate surface area is 118 Å². The van der Waals surface area contributed by atoms with Gasteiger partial charge in [0.05, 0.1) is 17.9 Å². The molecule has 0 fully saturated rings. The van der Waals surface area contributed by atoms with Gasteiger partial charge in [-0.2, -0.15) is 5.10 Å². The van der Waals surface area contributed by atoms with E-state index in [1.165, 1.54) is 10.7 Å². The molecule has 0 bridgehead atoms. The first-order valence-electron chi connectivity index (χ1n) is 5.61. The van der Waals surface area contributed by atoms with Crippen LogP contribution in [0.5, 0.6) is 0 Å². The maximum Gasteiger partial charge on any atom is 0.339 e. The SMILES string of the molecule is Cc1nn(Cc2ccc(Br)cc2F)c(C)c1C(=O)O. The van der Waals surface area contributed by atoms with Gasteiger partial charge in [0, 0.05) is 10.0 Å². The Morgan fingerprint density at radius 1 is 1.47 bits per heavy atom. The molecule has 0 aliphatic rings. The molecular formula is C13H12BrFN2O2. The molecule has 19 heavy (non-hydrogen) atoms. The summed E-state index contributed by atoms with van der Waals surface area (Å²) in [5.41, 5.74) is 1.60. The summed E-state index contributed by atoms with van der Waals surface area (Å²) in [5.74, 6) is -1.36. The van der Waals surface area contributed by atoms with E-state index in [-0.39, 0.29) is 17.9 Å². The first kappa shape index (κ1) is 13.7. The zero-order valence-corrected chi connectivity index (χ0v) is 12.0. The molecule has 0 aliphatic carbocycles. The summed E-state index contributed by atoms with van der Waals surface area (Å²) in [6.07, 6.45) is 0. The standard InChI is InChI=1S/C13H12BrFN2O2/c1-7-12(13(18)19)8(2)17(16-7)6-9-3-4-10(14)5-11(9)15/h3-5H,6H2,1-2H3,(H,18,19). The third kappa shape index (κ3) is 2.68. The molecule has 2 aromatic rings. The Morgan fingerprint density at radius 3 is 2.68 bits per heavy atom. The summed E-state index contributed by atoms with van der Waals surface area (Å²) in [6.45, 7) is 3.50. The van der Waals surface area contributed by atoms with Crippen LogP contribution in [-0.2, 0) is 6.54 Å². The molecule has 0 aliphatic heterocycles. The minimum absolute atomic E-state index is 0.178. The summed E-state index contributed by atoms with van der Waals surface area (Å²) in [4.78, 5) is 11.1. The van der Waals surface area contributed by atoms with Crippen LogP contribution >= 0.6 is 15.9 Å². The molecule has 0 amide bonds. The molecule has 0 atom stereocenters. The van der Waals surface area contributed by atoms with Gasteiger partial charge in [-0.05, 0) is 26.0 Å². The molecule has 1 aromatic carbocycles. The van der Waals surface area contributed by atoms with Gasteiger partial charge in [-0.1, -0.05) is 22.0 Å². The van der Waals surface area contributed by atoms with E-state index >= 15 is 0 Å². The molecule has 1 N–H and O–H groups in total. The highest BCUT2D eigenvalue weighted by Crippen LogP contribution is 2.19. The smallest absolute Gasteiger partial charge is 0.339 e. The van der Waals surface area contributed by atoms with Gasteiger partial charge in [-0.15, -0.1) is 0 Å². The lowest BCUT2D eigenvalue weighted by molar-refractivity contribution is 0.0695. The van der Waals surface area contributed by atoms with Gasteiger partial charge in [-0.25, -0.2) is 9.18 Å². The van der Waals surface area contributed by atoms with Crippen molar-refractivity contribution in [3.63, 3.8) is 0 Å². The zero-order valence-electron chi connectivity index (χ0n) is 10.4. The number of hydrogen-bond acceptors (Lipinski definition) is 2. The van der Waals surface area contributed by atoms with Crippen LogP contribution in [0, 0.1) is 19.7 Å². The van der Waals surface area contributed by atoms with E-state index in [2.05, 4.69) is 21.0 Å². The monoisotopic (exact) mass is 326 g/mol. The van der Waals surface area contributed by atoms with Gasteiger partial charge in [0.25, 0.3) is 0 Å². The van der Waals surface area contributed by atoms with Crippen molar-refractivity contribution in [3.8, 4) is 0 Å². The molecule has 0 saturated carbocycles. The van der Waals surface area contributed by atoms with Crippen molar-refractivity contribution in [2.75, 3.05) is 0 Å². The zero-order chi connectivity index (χ0) is 14.2. The fourth-order valence-corrected chi connectivity index (χ4v) is 2.30. The van der Waals surface area contributed by atoms with Crippen LogP contribution in [0.2, 0.25) is 0 Å². The summed E-state index contributed by atoms with van der Waals surface area (Å²) >= 11 is 3.19. The Morgan fingerprint density at radius 2 is 2.16 bits per heavy atom. The van der Waals surface area contributed by atoms with Gasteiger partial charge < -0.3 is 5.11 Å². The van der Waals surface area contributed by atoms with Crippen LogP contribution in [0.1, 0.15) is 27.3 Å². The van der Waals surface area contributed by atoms with Crippen molar-refractivity contribution >= 4 is 21.9 Å². The second-order valence-electron chi connectivity index (χ2n) is 4.24. The van der Waals surface area contributed by atoms with Crippen LogP contribution in [0.25, 0.3) is 0 Å². The maximum atomic E-state index is 13.7. The second-order valence-corrected chi connectivity index (χ2v) is 5.16. The van der Waals surface area contributed by atoms with Crippen molar-refractivity contribution in [1.82, 2.24) is 9.78 Å². The molecule has 2 rings (SSSR count). The third-order valence-electron chi connectivity index (χ3n) is 2.93. The van der Waals surface area contributed by atoms with E-state index in [0.29, 0.717) is 21.4 Å². The largest absolute Gasteiger partial charge is 0.478 e. The lowest BCUT2D eigenvalue weighted by Crippen LogP contribution is -2.07. The van der Waals surface area contributed by atoms with Crippen molar-refractivity contribution in [1.29, 1.82) is 0 Å². The van der Waals surface area contributed by atoms with Crippen molar-refractivity contribution in [2.24, 2.45) is 0 Å². The van der Waals surface area contributed by atoms with Gasteiger partial charge in [0.1, 0.15) is 11.4 Å². The van der Waals surface area contributed by atoms with Crippen molar-refractivity contribution < 1.29 is 14.3 Å². The van der Waals surface area contributed by atoms with E-state index in [4.69, 9.17) is 5.11 Å². The number of halogens is 2. The van der Waals surface area contributed by atoms with Gasteiger partial charge in [0.15, 0.2) is 0 Å². The number of aryl methyl sites for hydroxylation is 1. The summed E-state index contributed by atoms with van der Waals surface area (Å²) < 4.78 is 15.9. The molecule has 1 aromatic heterocycles. The number of carbonyl (C=O) groups is 1. The first-order chi connectivity index (χ1) is 8.90. The average molecular weight is 327 g/mol. The van der Waals surface area contributed by atoms with E-state index in [9.17, 15) is 9.18 Å². The number of benzene rings is 1. The number of aromatic carboxylic acids is 1. The first-order valence-corrected chi connectivity index (χ1v) is 6.40. The molecular weight excluding hydrogens is 315 g/mol. The number of aromatic nitrogens is 2. The molecule has 0 spiro atoms. The minimum atomic E-state index is -1.02. The summed E-state index contributed by atoms with van der Waals surface area (Å²) in [7, 11) is 0. The number of carboxylic acids is 1. The molecule has 0 saturated heterocycles. The van der Waals surface area contributed by atoms with Gasteiger partial charge in [0.2, 0.25) is 0 Å². The normalized spacial score (nSPS) is 10.7. The molecule has 0 unspecified atom stereocenters. The predicted octanol–water partition coefficient (Wildman–Crippen LogP) is 3.15. The van der Waals surface area contributed by atoms with E-state index in [1.807, 2.05) is 0 Å². The van der Waals surface area contributed by atoms with Gasteiger partial charge >= 0.3 is 5.97 Å². The minimum Gasteiger partial charge on any atom is -0.478 e. The number of nitrogens with zero attached hydrogens (tertiary/aromatic N) is 2. The Hall–Kier alpha value is -1.69. The lowest BCUT2D eigenvalue weighted by Gasteiger charge is -2.06. The highest BCUT2D eigenvalue weighted by atomic mass is 79.9. The number of carboxylic acid groups (broad SMARTS) is 1. The Bertz CT molecular complexity index is 652. The van der Waals surface area contributed by atoms with Crippen molar-refractivity contribution in [2.45, 2.75) is 20.4 Å². The molecule has 100 valence electrons. The predicted molar refractivity (Wildman–Crippen MR) is 71.9 cm³/mol. The number of rotatable bonds is 3. The Kier molecular flexibility index (Phi) is 3.71. The highest BCUT2D eigenvalue weighted by Gasteiger charge is 2.18. The van der Waals surface area contributed by atoms with Crippen molar-refractivity contribution in [3.05, 3.63) is 51.0 Å². The summed E-state index contributed by atoms with van der Waals surface area (Å²) in [6, 6.07) is 4.76. The topological polar surface area (TPSA) is 55.1 Å². The van der Waals surface area contributed by atoms with Crippen LogP contribution in [0.4, 0.5) is 4.39 Å². The summed E-state index contributed by atoms with van der Waals surface area (Å²) in [5, 5.41) is 13.2. The highest BCUT2D eigenvalue weighted by molar-refractivity contribution is 9.10. The maximum absolute atomic E-state index is 13.7. The average Bonchev–Trinajstić information content (AvgIpc) is 2.58. The third-order valence-corrected chi connectivity index (χ3v) is 3.42. The molecule has 1 heterocycles. The molecule has 6 heteroatoms. The van der Waals surface area contributed by atoms with Crippen LogP contribution in [0.15, 0.2) is 22.7 Å². The van der Waals surface area contributed by atoms with E-state index < -0.39 is 5.97 Å². The van der Waals surface area contributed by atoms with E-state index in [1.54, 1.807) is 26.0 Å². The fraction of sp³-hybridized carbons (Fsp3) is 0.231. The fourth-order valence-electron chi connectivity index (χ4n) is 1.97. The van der Waals surface area contributed by atoms with Crippen LogP contribution < -0.4 is 0 Å². The number of hydrogen-bond donors (Lipinski definition) is 1. The Balaban J connectivity index is 2.39. The second kappa shape index (κ2) is 5.13.